The summed E-state index contributed by atoms with van der Waals surface area (Å²) in [5, 5.41) is 0. The lowest BCUT2D eigenvalue weighted by atomic mass is 10.2. The van der Waals surface area contributed by atoms with E-state index < -0.39 is 11.6 Å². The van der Waals surface area contributed by atoms with Crippen LogP contribution in [0.15, 0.2) is 16.5 Å². The van der Waals surface area contributed by atoms with Gasteiger partial charge >= 0.3 is 0 Å². The molecule has 0 N–H and O–H groups in total. The van der Waals surface area contributed by atoms with Crippen LogP contribution in [0.4, 0.5) is 0 Å². The lowest BCUT2D eigenvalue weighted by molar-refractivity contribution is -0.135. The van der Waals surface area contributed by atoms with Crippen LogP contribution in [-0.4, -0.2) is 11.6 Å². The number of aryl methyl sites for hydroxylation is 1. The summed E-state index contributed by atoms with van der Waals surface area (Å²) in [6.45, 7) is 3.06. The minimum atomic E-state index is -0.427. The van der Waals surface area contributed by atoms with Crippen LogP contribution in [0.25, 0.3) is 0 Å². The van der Waals surface area contributed by atoms with Gasteiger partial charge in [0, 0.05) is 6.92 Å². The minimum Gasteiger partial charge on any atom is -0.466 e. The van der Waals surface area contributed by atoms with Crippen molar-refractivity contribution in [1.29, 1.82) is 0 Å². The molecule has 64 valence electrons. The average Bonchev–Trinajstić information content (AvgIpc) is 2.35. The number of ketones is 2. The molecule has 0 atom stereocenters. The first-order valence-electron chi connectivity index (χ1n) is 3.68. The number of carbonyl (C=O) groups excluding carboxylic acids is 2. The zero-order valence-corrected chi connectivity index (χ0v) is 7.09. The number of carbonyl (C=O) groups is 2. The van der Waals surface area contributed by atoms with Gasteiger partial charge in [0.2, 0.25) is 5.78 Å². The van der Waals surface area contributed by atoms with E-state index in [4.69, 9.17) is 4.42 Å². The van der Waals surface area contributed by atoms with Crippen molar-refractivity contribution in [1.82, 2.24) is 0 Å². The van der Waals surface area contributed by atoms with Gasteiger partial charge in [0.05, 0.1) is 6.42 Å². The summed E-state index contributed by atoms with van der Waals surface area (Å²) < 4.78 is 5.13. The molecule has 0 aromatic carbocycles. The lowest BCUT2D eigenvalue weighted by Gasteiger charge is -1.91. The van der Waals surface area contributed by atoms with E-state index in [0.717, 1.165) is 5.76 Å². The van der Waals surface area contributed by atoms with Crippen LogP contribution in [0.5, 0.6) is 0 Å². The van der Waals surface area contributed by atoms with Gasteiger partial charge in [-0.2, -0.15) is 0 Å². The Morgan fingerprint density at radius 2 is 2.08 bits per heavy atom. The summed E-state index contributed by atoms with van der Waals surface area (Å²) >= 11 is 0. The van der Waals surface area contributed by atoms with Gasteiger partial charge in [0.1, 0.15) is 11.5 Å². The Morgan fingerprint density at radius 1 is 1.42 bits per heavy atom. The summed E-state index contributed by atoms with van der Waals surface area (Å²) in [5.41, 5.74) is 0. The fourth-order valence-electron chi connectivity index (χ4n) is 0.863. The van der Waals surface area contributed by atoms with Crippen LogP contribution in [-0.2, 0) is 16.0 Å². The van der Waals surface area contributed by atoms with E-state index in [9.17, 15) is 9.59 Å². The van der Waals surface area contributed by atoms with Gasteiger partial charge < -0.3 is 4.42 Å². The molecular weight excluding hydrogens is 156 g/mol. The normalized spacial score (nSPS) is 9.83. The smallest absolute Gasteiger partial charge is 0.205 e. The van der Waals surface area contributed by atoms with E-state index in [1.165, 1.54) is 6.92 Å². The molecule has 1 aromatic rings. The van der Waals surface area contributed by atoms with E-state index >= 15 is 0 Å². The Hall–Kier alpha value is -1.38. The van der Waals surface area contributed by atoms with Crippen LogP contribution < -0.4 is 0 Å². The van der Waals surface area contributed by atoms with Gasteiger partial charge in [-0.25, -0.2) is 0 Å². The first-order chi connectivity index (χ1) is 5.59. The molecule has 0 spiro atoms. The van der Waals surface area contributed by atoms with Gasteiger partial charge in [-0.3, -0.25) is 9.59 Å². The third-order valence-corrected chi connectivity index (χ3v) is 1.52. The van der Waals surface area contributed by atoms with Crippen LogP contribution >= 0.6 is 0 Å². The summed E-state index contributed by atoms with van der Waals surface area (Å²) in [5.74, 6) is 0.461. The van der Waals surface area contributed by atoms with Gasteiger partial charge in [-0.05, 0) is 19.1 Å². The van der Waals surface area contributed by atoms with Crippen molar-refractivity contribution in [2.75, 3.05) is 0 Å². The first-order valence-corrected chi connectivity index (χ1v) is 3.68. The van der Waals surface area contributed by atoms with Gasteiger partial charge in [0.25, 0.3) is 0 Å². The summed E-state index contributed by atoms with van der Waals surface area (Å²) in [6.07, 6.45) is 0.0726. The van der Waals surface area contributed by atoms with Crippen molar-refractivity contribution >= 4 is 11.6 Å². The van der Waals surface area contributed by atoms with Gasteiger partial charge in [0.15, 0.2) is 5.78 Å². The van der Waals surface area contributed by atoms with Gasteiger partial charge in [-0.15, -0.1) is 0 Å². The molecular formula is C9H10O3. The maximum absolute atomic E-state index is 10.9. The predicted octanol–water partition coefficient (Wildman–Crippen LogP) is 1.29. The van der Waals surface area contributed by atoms with Crippen LogP contribution in [0.1, 0.15) is 18.4 Å². The minimum absolute atomic E-state index is 0.0726. The molecule has 0 amide bonds. The second-order valence-corrected chi connectivity index (χ2v) is 2.67. The molecule has 12 heavy (non-hydrogen) atoms. The third-order valence-electron chi connectivity index (χ3n) is 1.52. The maximum atomic E-state index is 10.9. The number of hydrogen-bond donors (Lipinski definition) is 0. The van der Waals surface area contributed by atoms with Crippen LogP contribution in [0.3, 0.4) is 0 Å². The van der Waals surface area contributed by atoms with Gasteiger partial charge in [-0.1, -0.05) is 0 Å². The van der Waals surface area contributed by atoms with Crippen molar-refractivity contribution in [2.24, 2.45) is 0 Å². The number of Topliss-reactive ketones (excluding diaryl/α,β-unsaturated/α-hetero) is 2. The Kier molecular flexibility index (Phi) is 2.43. The molecule has 0 saturated carbocycles. The van der Waals surface area contributed by atoms with E-state index in [0.29, 0.717) is 5.76 Å². The SMILES string of the molecule is CC(=O)C(=O)Cc1ccc(C)o1. The molecule has 0 unspecified atom stereocenters. The van der Waals surface area contributed by atoms with E-state index in [2.05, 4.69) is 0 Å². The number of furan rings is 1. The third kappa shape index (κ3) is 2.05. The molecule has 0 saturated heterocycles. The molecule has 1 rings (SSSR count). The van der Waals surface area contributed by atoms with Crippen molar-refractivity contribution in [3.05, 3.63) is 23.7 Å². The quantitative estimate of drug-likeness (QED) is 0.635. The predicted molar refractivity (Wildman–Crippen MR) is 42.8 cm³/mol. The zero-order chi connectivity index (χ0) is 9.14. The van der Waals surface area contributed by atoms with E-state index in [1.807, 2.05) is 0 Å². The van der Waals surface area contributed by atoms with E-state index in [1.54, 1.807) is 19.1 Å². The highest BCUT2D eigenvalue weighted by Gasteiger charge is 2.10. The Morgan fingerprint density at radius 3 is 2.50 bits per heavy atom. The standard InChI is InChI=1S/C9H10O3/c1-6-3-4-8(12-6)5-9(11)7(2)10/h3-4H,5H2,1-2H3. The molecule has 1 heterocycles. The largest absolute Gasteiger partial charge is 0.466 e. The monoisotopic (exact) mass is 166 g/mol. The highest BCUT2D eigenvalue weighted by atomic mass is 16.3. The molecule has 0 fully saturated rings. The first kappa shape index (κ1) is 8.71. The van der Waals surface area contributed by atoms with E-state index in [-0.39, 0.29) is 6.42 Å². The van der Waals surface area contributed by atoms with Crippen molar-refractivity contribution in [3.63, 3.8) is 0 Å². The molecule has 0 bridgehead atoms. The van der Waals surface area contributed by atoms with Crippen molar-refractivity contribution < 1.29 is 14.0 Å². The second kappa shape index (κ2) is 3.34. The fraction of sp³-hybridized carbons (Fsp3) is 0.333. The maximum Gasteiger partial charge on any atom is 0.205 e. The Balaban J connectivity index is 2.64. The molecule has 0 radical (unpaired) electrons. The average molecular weight is 166 g/mol. The summed E-state index contributed by atoms with van der Waals surface area (Å²) in [7, 11) is 0. The van der Waals surface area contributed by atoms with Crippen molar-refractivity contribution in [3.8, 4) is 0 Å². The van der Waals surface area contributed by atoms with Crippen LogP contribution in [0, 0.1) is 6.92 Å². The zero-order valence-electron chi connectivity index (χ0n) is 7.09. The van der Waals surface area contributed by atoms with Crippen LogP contribution in [0.2, 0.25) is 0 Å². The molecule has 3 nitrogen and oxygen atoms in total. The Labute approximate surface area is 70.4 Å². The highest BCUT2D eigenvalue weighted by Crippen LogP contribution is 2.07. The highest BCUT2D eigenvalue weighted by molar-refractivity contribution is 6.36. The summed E-state index contributed by atoms with van der Waals surface area (Å²) in [4.78, 5) is 21.5. The summed E-state index contributed by atoms with van der Waals surface area (Å²) in [6, 6.07) is 3.47. The molecule has 1 aromatic heterocycles. The fourth-order valence-corrected chi connectivity index (χ4v) is 0.863. The second-order valence-electron chi connectivity index (χ2n) is 2.67. The molecule has 0 aliphatic carbocycles. The number of rotatable bonds is 3. The molecule has 0 aliphatic rings. The van der Waals surface area contributed by atoms with Crippen molar-refractivity contribution in [2.45, 2.75) is 20.3 Å². The number of hydrogen-bond acceptors (Lipinski definition) is 3. The lowest BCUT2D eigenvalue weighted by Crippen LogP contribution is -2.11. The topological polar surface area (TPSA) is 47.3 Å². The molecule has 0 aliphatic heterocycles. The Bertz CT molecular complexity index is 309. The molecule has 3 heteroatoms.